The molecule has 0 spiro atoms. The van der Waals surface area contributed by atoms with Crippen molar-refractivity contribution in [1.82, 2.24) is 5.32 Å². The third-order valence-electron chi connectivity index (χ3n) is 3.55. The van der Waals surface area contributed by atoms with Gasteiger partial charge in [0.2, 0.25) is 0 Å². The minimum absolute atomic E-state index is 0.0281. The highest BCUT2D eigenvalue weighted by atomic mass is 32.1. The van der Waals surface area contributed by atoms with Crippen LogP contribution in [-0.2, 0) is 0 Å². The summed E-state index contributed by atoms with van der Waals surface area (Å²) in [5.41, 5.74) is 0. The summed E-state index contributed by atoms with van der Waals surface area (Å²) in [7, 11) is 0. The van der Waals surface area contributed by atoms with E-state index in [0.29, 0.717) is 24.2 Å². The lowest BCUT2D eigenvalue weighted by molar-refractivity contribution is -0.164. The maximum Gasteiger partial charge on any atom is 0.408 e. The standard InChI is InChI=1S/C13H14F3NO3S/c14-13(15,16)10(7-3-1-2-4-7)17-11(18)8-5-6-9(21-8)12(19)20/h5-7,10H,1-4H2,(H,17,18)(H,19,20). The lowest BCUT2D eigenvalue weighted by Crippen LogP contribution is -2.49. The van der Waals surface area contributed by atoms with Crippen molar-refractivity contribution in [3.63, 3.8) is 0 Å². The van der Waals surface area contributed by atoms with E-state index in [0.717, 1.165) is 12.8 Å². The number of amides is 1. The number of halogens is 3. The molecule has 0 aliphatic heterocycles. The fourth-order valence-corrected chi connectivity index (χ4v) is 3.29. The van der Waals surface area contributed by atoms with Gasteiger partial charge in [-0.1, -0.05) is 12.8 Å². The first-order chi connectivity index (χ1) is 9.79. The van der Waals surface area contributed by atoms with Gasteiger partial charge in [0, 0.05) is 0 Å². The van der Waals surface area contributed by atoms with E-state index in [1.165, 1.54) is 12.1 Å². The second kappa shape index (κ2) is 6.05. The van der Waals surface area contributed by atoms with Gasteiger partial charge in [-0.15, -0.1) is 11.3 Å². The first-order valence-electron chi connectivity index (χ1n) is 6.49. The van der Waals surface area contributed by atoms with Crippen molar-refractivity contribution < 1.29 is 27.9 Å². The number of carbonyl (C=O) groups is 2. The van der Waals surface area contributed by atoms with Crippen LogP contribution < -0.4 is 5.32 Å². The van der Waals surface area contributed by atoms with Crippen LogP contribution in [0.4, 0.5) is 13.2 Å². The molecule has 1 atom stereocenters. The lowest BCUT2D eigenvalue weighted by Gasteiger charge is -2.26. The molecule has 1 amide bonds. The molecular weight excluding hydrogens is 307 g/mol. The van der Waals surface area contributed by atoms with E-state index in [1.807, 2.05) is 5.32 Å². The van der Waals surface area contributed by atoms with Crippen LogP contribution in [0, 0.1) is 5.92 Å². The van der Waals surface area contributed by atoms with Gasteiger partial charge in [-0.3, -0.25) is 4.79 Å². The van der Waals surface area contributed by atoms with Crippen molar-refractivity contribution in [2.24, 2.45) is 5.92 Å². The Hall–Kier alpha value is -1.57. The molecule has 2 N–H and O–H groups in total. The topological polar surface area (TPSA) is 66.4 Å². The number of rotatable bonds is 4. The van der Waals surface area contributed by atoms with E-state index < -0.39 is 30.0 Å². The molecule has 1 aromatic rings. The van der Waals surface area contributed by atoms with Crippen LogP contribution in [0.15, 0.2) is 12.1 Å². The molecule has 2 rings (SSSR count). The molecule has 1 fully saturated rings. The van der Waals surface area contributed by atoms with Crippen molar-refractivity contribution in [3.05, 3.63) is 21.9 Å². The Labute approximate surface area is 123 Å². The van der Waals surface area contributed by atoms with Gasteiger partial charge in [0.25, 0.3) is 5.91 Å². The number of thiophene rings is 1. The van der Waals surface area contributed by atoms with Crippen LogP contribution in [0.1, 0.15) is 45.0 Å². The van der Waals surface area contributed by atoms with E-state index in [-0.39, 0.29) is 9.75 Å². The number of carboxylic acid groups (broad SMARTS) is 1. The Kier molecular flexibility index (Phi) is 4.55. The Morgan fingerprint density at radius 1 is 1.24 bits per heavy atom. The molecule has 1 aliphatic carbocycles. The first-order valence-corrected chi connectivity index (χ1v) is 7.31. The molecule has 1 heterocycles. The molecule has 21 heavy (non-hydrogen) atoms. The van der Waals surface area contributed by atoms with E-state index in [1.54, 1.807) is 0 Å². The number of carboxylic acids is 1. The number of nitrogens with one attached hydrogen (secondary N) is 1. The van der Waals surface area contributed by atoms with Crippen LogP contribution in [-0.4, -0.2) is 29.2 Å². The molecule has 1 unspecified atom stereocenters. The van der Waals surface area contributed by atoms with Crippen molar-refractivity contribution in [2.45, 2.75) is 37.9 Å². The van der Waals surface area contributed by atoms with Crippen molar-refractivity contribution in [2.75, 3.05) is 0 Å². The number of alkyl halides is 3. The van der Waals surface area contributed by atoms with Crippen LogP contribution in [0.3, 0.4) is 0 Å². The molecule has 0 saturated heterocycles. The lowest BCUT2D eigenvalue weighted by atomic mass is 9.97. The number of carbonyl (C=O) groups excluding carboxylic acids is 1. The van der Waals surface area contributed by atoms with Gasteiger partial charge in [0.15, 0.2) is 0 Å². The highest BCUT2D eigenvalue weighted by molar-refractivity contribution is 7.15. The highest BCUT2D eigenvalue weighted by Crippen LogP contribution is 2.36. The van der Waals surface area contributed by atoms with Gasteiger partial charge in [-0.25, -0.2) is 4.79 Å². The summed E-state index contributed by atoms with van der Waals surface area (Å²) >= 11 is 0.665. The van der Waals surface area contributed by atoms with Gasteiger partial charge >= 0.3 is 12.1 Å². The average Bonchev–Trinajstić information content (AvgIpc) is 3.05. The summed E-state index contributed by atoms with van der Waals surface area (Å²) in [5.74, 6) is -2.68. The second-order valence-corrected chi connectivity index (χ2v) is 6.09. The zero-order valence-corrected chi connectivity index (χ0v) is 11.8. The summed E-state index contributed by atoms with van der Waals surface area (Å²) in [6.07, 6.45) is -2.16. The van der Waals surface area contributed by atoms with Crippen LogP contribution in [0.2, 0.25) is 0 Å². The predicted octanol–water partition coefficient (Wildman–Crippen LogP) is 3.30. The predicted molar refractivity (Wildman–Crippen MR) is 70.5 cm³/mol. The SMILES string of the molecule is O=C(O)c1ccc(C(=O)NC(C2CCCC2)C(F)(F)F)s1. The molecule has 8 heteroatoms. The maximum absolute atomic E-state index is 13.1. The van der Waals surface area contributed by atoms with E-state index in [2.05, 4.69) is 0 Å². The third-order valence-corrected chi connectivity index (χ3v) is 4.62. The number of hydrogen-bond acceptors (Lipinski definition) is 3. The van der Waals surface area contributed by atoms with Gasteiger partial charge in [-0.2, -0.15) is 13.2 Å². The van der Waals surface area contributed by atoms with Gasteiger partial charge in [-0.05, 0) is 30.9 Å². The quantitative estimate of drug-likeness (QED) is 0.894. The Bertz CT molecular complexity index is 535. The molecule has 4 nitrogen and oxygen atoms in total. The summed E-state index contributed by atoms with van der Waals surface area (Å²) < 4.78 is 39.2. The Balaban J connectivity index is 2.11. The fourth-order valence-electron chi connectivity index (χ4n) is 2.54. The summed E-state index contributed by atoms with van der Waals surface area (Å²) in [6, 6.07) is 0.564. The van der Waals surface area contributed by atoms with Crippen molar-refractivity contribution in [3.8, 4) is 0 Å². The fraction of sp³-hybridized carbons (Fsp3) is 0.538. The minimum atomic E-state index is -4.50. The second-order valence-electron chi connectivity index (χ2n) is 5.01. The molecule has 1 aromatic heterocycles. The van der Waals surface area contributed by atoms with E-state index >= 15 is 0 Å². The summed E-state index contributed by atoms with van der Waals surface area (Å²) in [4.78, 5) is 22.5. The Morgan fingerprint density at radius 2 is 1.81 bits per heavy atom. The number of hydrogen-bond donors (Lipinski definition) is 2. The van der Waals surface area contributed by atoms with E-state index in [4.69, 9.17) is 5.11 Å². The van der Waals surface area contributed by atoms with Gasteiger partial charge < -0.3 is 10.4 Å². The first kappa shape index (κ1) is 15.8. The highest BCUT2D eigenvalue weighted by Gasteiger charge is 2.46. The monoisotopic (exact) mass is 321 g/mol. The largest absolute Gasteiger partial charge is 0.477 e. The molecule has 0 aromatic carbocycles. The molecule has 1 aliphatic rings. The van der Waals surface area contributed by atoms with E-state index in [9.17, 15) is 22.8 Å². The zero-order chi connectivity index (χ0) is 15.6. The average molecular weight is 321 g/mol. The minimum Gasteiger partial charge on any atom is -0.477 e. The Morgan fingerprint density at radius 3 is 2.29 bits per heavy atom. The molecular formula is C13H14F3NO3S. The smallest absolute Gasteiger partial charge is 0.408 e. The third kappa shape index (κ3) is 3.75. The van der Waals surface area contributed by atoms with Crippen LogP contribution in [0.5, 0.6) is 0 Å². The number of aromatic carboxylic acids is 1. The van der Waals surface area contributed by atoms with Crippen LogP contribution >= 0.6 is 11.3 Å². The van der Waals surface area contributed by atoms with Crippen molar-refractivity contribution in [1.29, 1.82) is 0 Å². The summed E-state index contributed by atoms with van der Waals surface area (Å²) in [5, 5.41) is 10.8. The normalized spacial score (nSPS) is 17.7. The molecule has 1 saturated carbocycles. The van der Waals surface area contributed by atoms with Crippen molar-refractivity contribution >= 4 is 23.2 Å². The van der Waals surface area contributed by atoms with Crippen LogP contribution in [0.25, 0.3) is 0 Å². The van der Waals surface area contributed by atoms with Gasteiger partial charge in [0.05, 0.1) is 4.88 Å². The summed E-state index contributed by atoms with van der Waals surface area (Å²) in [6.45, 7) is 0. The zero-order valence-electron chi connectivity index (χ0n) is 10.9. The molecule has 0 radical (unpaired) electrons. The molecule has 0 bridgehead atoms. The molecule has 116 valence electrons. The maximum atomic E-state index is 13.1. The van der Waals surface area contributed by atoms with Gasteiger partial charge in [0.1, 0.15) is 10.9 Å².